The maximum absolute atomic E-state index is 12.9. The summed E-state index contributed by atoms with van der Waals surface area (Å²) in [5, 5.41) is 10.6. The summed E-state index contributed by atoms with van der Waals surface area (Å²) in [4.78, 5) is 22.8. The van der Waals surface area contributed by atoms with E-state index in [0.717, 1.165) is 19.4 Å². The first kappa shape index (κ1) is 15.4. The predicted molar refractivity (Wildman–Crippen MR) is 57.3 cm³/mol. The number of halogens is 3. The lowest BCUT2D eigenvalue weighted by Gasteiger charge is -2.33. The van der Waals surface area contributed by atoms with Crippen LogP contribution in [-0.4, -0.2) is 25.0 Å². The molecule has 0 bridgehead atoms. The number of hydrogen-bond donors (Lipinski definition) is 1. The van der Waals surface area contributed by atoms with E-state index in [4.69, 9.17) is 0 Å². The molecule has 0 fully saturated rings. The molecule has 19 heavy (non-hydrogen) atoms. The second-order valence-electron chi connectivity index (χ2n) is 3.99. The molecule has 0 aliphatic heterocycles. The van der Waals surface area contributed by atoms with Crippen molar-refractivity contribution in [3.05, 3.63) is 29.8 Å². The highest BCUT2D eigenvalue weighted by Gasteiger charge is 2.53. The average Bonchev–Trinajstić information content (AvgIpc) is 2.34. The Labute approximate surface area is 106 Å². The molecule has 0 amide bonds. The van der Waals surface area contributed by atoms with Crippen molar-refractivity contribution in [1.82, 2.24) is 0 Å². The van der Waals surface area contributed by atoms with Crippen LogP contribution in [0.15, 0.2) is 24.6 Å². The van der Waals surface area contributed by atoms with E-state index in [9.17, 15) is 28.0 Å². The maximum Gasteiger partial charge on any atom is 0.393 e. The van der Waals surface area contributed by atoms with E-state index in [2.05, 4.69) is 11.3 Å². The van der Waals surface area contributed by atoms with E-state index in [1.807, 2.05) is 0 Å². The first-order valence-electron chi connectivity index (χ1n) is 5.28. The van der Waals surface area contributed by atoms with Crippen LogP contribution in [0.4, 0.5) is 13.2 Å². The Morgan fingerprint density at radius 2 is 2.21 bits per heavy atom. The molecule has 0 saturated heterocycles. The summed E-state index contributed by atoms with van der Waals surface area (Å²) in [6, 6.07) is 0. The van der Waals surface area contributed by atoms with Crippen molar-refractivity contribution in [2.75, 3.05) is 7.11 Å². The second kappa shape index (κ2) is 5.54. The Morgan fingerprint density at radius 1 is 1.63 bits per heavy atom. The SMILES string of the molecule is C=C[NH+]([O-])C1=CC(=O)CC(C(F)(F)F)C1C(=O)OC. The highest BCUT2D eigenvalue weighted by molar-refractivity contribution is 5.93. The molecule has 0 saturated carbocycles. The first-order chi connectivity index (χ1) is 8.72. The lowest BCUT2D eigenvalue weighted by molar-refractivity contribution is -0.751. The van der Waals surface area contributed by atoms with Gasteiger partial charge in [0.2, 0.25) is 0 Å². The van der Waals surface area contributed by atoms with Crippen molar-refractivity contribution >= 4 is 11.8 Å². The number of methoxy groups -OCH3 is 1. The van der Waals surface area contributed by atoms with E-state index in [1.165, 1.54) is 0 Å². The molecule has 1 N–H and O–H groups in total. The van der Waals surface area contributed by atoms with Gasteiger partial charge in [-0.15, -0.1) is 0 Å². The van der Waals surface area contributed by atoms with Gasteiger partial charge >= 0.3 is 12.1 Å². The number of ketones is 1. The molecule has 0 radical (unpaired) electrons. The third-order valence-electron chi connectivity index (χ3n) is 2.82. The highest BCUT2D eigenvalue weighted by Crippen LogP contribution is 2.40. The second-order valence-corrected chi connectivity index (χ2v) is 3.99. The third-order valence-corrected chi connectivity index (χ3v) is 2.82. The van der Waals surface area contributed by atoms with Gasteiger partial charge in [-0.05, 0) is 6.58 Å². The Balaban J connectivity index is 3.29. The van der Waals surface area contributed by atoms with Crippen LogP contribution in [0.1, 0.15) is 6.42 Å². The molecule has 8 heteroatoms. The summed E-state index contributed by atoms with van der Waals surface area (Å²) in [5.41, 5.74) is -0.527. The lowest BCUT2D eigenvalue weighted by Crippen LogP contribution is -3.01. The van der Waals surface area contributed by atoms with E-state index < -0.39 is 46.9 Å². The minimum Gasteiger partial charge on any atom is -0.624 e. The molecule has 0 aromatic heterocycles. The summed E-state index contributed by atoms with van der Waals surface area (Å²) in [7, 11) is 0.919. The van der Waals surface area contributed by atoms with Crippen LogP contribution in [0, 0.1) is 17.0 Å². The lowest BCUT2D eigenvalue weighted by atomic mass is 9.80. The first-order valence-corrected chi connectivity index (χ1v) is 5.28. The van der Waals surface area contributed by atoms with Crippen LogP contribution in [-0.2, 0) is 14.3 Å². The smallest absolute Gasteiger partial charge is 0.393 e. The van der Waals surface area contributed by atoms with Crippen molar-refractivity contribution < 1.29 is 32.6 Å². The van der Waals surface area contributed by atoms with Crippen molar-refractivity contribution in [1.29, 1.82) is 0 Å². The Morgan fingerprint density at radius 3 is 2.63 bits per heavy atom. The van der Waals surface area contributed by atoms with Crippen molar-refractivity contribution in [2.45, 2.75) is 12.6 Å². The van der Waals surface area contributed by atoms with Gasteiger partial charge in [0.25, 0.3) is 0 Å². The summed E-state index contributed by atoms with van der Waals surface area (Å²) in [6.07, 6.45) is -4.14. The number of ether oxygens (including phenoxy) is 1. The molecule has 0 aromatic rings. The molecule has 0 aromatic carbocycles. The summed E-state index contributed by atoms with van der Waals surface area (Å²) in [6.45, 7) is 3.13. The molecule has 3 atom stereocenters. The van der Waals surface area contributed by atoms with Gasteiger partial charge in [-0.3, -0.25) is 9.59 Å². The maximum atomic E-state index is 12.9. The van der Waals surface area contributed by atoms with Gasteiger partial charge in [-0.1, -0.05) is 0 Å². The van der Waals surface area contributed by atoms with Crippen LogP contribution < -0.4 is 5.06 Å². The van der Waals surface area contributed by atoms with Crippen LogP contribution in [0.25, 0.3) is 0 Å². The fourth-order valence-corrected chi connectivity index (χ4v) is 1.94. The topological polar surface area (TPSA) is 70.9 Å². The average molecular weight is 279 g/mol. The fourth-order valence-electron chi connectivity index (χ4n) is 1.94. The van der Waals surface area contributed by atoms with Gasteiger partial charge in [0.1, 0.15) is 11.6 Å². The van der Waals surface area contributed by atoms with E-state index in [0.29, 0.717) is 0 Å². The minimum absolute atomic E-state index is 0.527. The number of hydrogen-bond acceptors (Lipinski definition) is 4. The normalized spacial score (nSPS) is 25.5. The molecule has 1 aliphatic rings. The van der Waals surface area contributed by atoms with Gasteiger partial charge in [0.15, 0.2) is 5.78 Å². The van der Waals surface area contributed by atoms with Crippen molar-refractivity contribution in [3.8, 4) is 0 Å². The standard InChI is InChI=1S/C11H12F3NO4/c1-3-15(18)8-5-6(16)4-7(11(12,13)14)9(8)10(17)19-2/h3,5,7,9,15H,1,4H2,2H3. The highest BCUT2D eigenvalue weighted by atomic mass is 19.4. The summed E-state index contributed by atoms with van der Waals surface area (Å²) < 4.78 is 42.9. The molecule has 3 unspecified atom stereocenters. The number of allylic oxidation sites excluding steroid dienone is 1. The number of carbonyl (C=O) groups is 2. The van der Waals surface area contributed by atoms with E-state index in [-0.39, 0.29) is 0 Å². The Hall–Kier alpha value is -1.67. The number of carbonyl (C=O) groups excluding carboxylic acids is 2. The zero-order valence-electron chi connectivity index (χ0n) is 9.99. The van der Waals surface area contributed by atoms with Crippen LogP contribution in [0.2, 0.25) is 0 Å². The summed E-state index contributed by atoms with van der Waals surface area (Å²) in [5.74, 6) is -6.13. The fraction of sp³-hybridized carbons (Fsp3) is 0.455. The van der Waals surface area contributed by atoms with Gasteiger partial charge < -0.3 is 15.0 Å². The number of esters is 1. The Bertz CT molecular complexity index is 430. The van der Waals surface area contributed by atoms with Gasteiger partial charge in [-0.25, -0.2) is 0 Å². The van der Waals surface area contributed by atoms with Gasteiger partial charge in [0.05, 0.1) is 19.2 Å². The minimum atomic E-state index is -4.78. The van der Waals surface area contributed by atoms with Crippen molar-refractivity contribution in [2.24, 2.45) is 11.8 Å². The van der Waals surface area contributed by atoms with Crippen LogP contribution in [0.5, 0.6) is 0 Å². The molecule has 1 rings (SSSR count). The Kier molecular flexibility index (Phi) is 4.48. The zero-order chi connectivity index (χ0) is 14.8. The van der Waals surface area contributed by atoms with Gasteiger partial charge in [0, 0.05) is 12.5 Å². The molecular formula is C11H12F3NO4. The predicted octanol–water partition coefficient (Wildman–Crippen LogP) is 0.337. The third kappa shape index (κ3) is 3.21. The van der Waals surface area contributed by atoms with Gasteiger partial charge in [-0.2, -0.15) is 13.2 Å². The van der Waals surface area contributed by atoms with Crippen LogP contribution >= 0.6 is 0 Å². The number of alkyl halides is 3. The number of nitrogens with one attached hydrogen (secondary N) is 1. The number of hydroxylamine groups is 2. The van der Waals surface area contributed by atoms with Crippen LogP contribution in [0.3, 0.4) is 0 Å². The molecule has 106 valence electrons. The molecule has 0 spiro atoms. The number of rotatable bonds is 3. The van der Waals surface area contributed by atoms with E-state index >= 15 is 0 Å². The molecular weight excluding hydrogens is 267 g/mol. The molecule has 0 heterocycles. The summed E-state index contributed by atoms with van der Waals surface area (Å²) >= 11 is 0. The molecule has 5 nitrogen and oxygen atoms in total. The van der Waals surface area contributed by atoms with E-state index in [1.54, 1.807) is 0 Å². The molecule has 1 aliphatic carbocycles. The largest absolute Gasteiger partial charge is 0.624 e. The zero-order valence-corrected chi connectivity index (χ0v) is 9.99. The van der Waals surface area contributed by atoms with Crippen molar-refractivity contribution in [3.63, 3.8) is 0 Å². The number of quaternary nitrogens is 1. The quantitative estimate of drug-likeness (QED) is 0.597. The monoisotopic (exact) mass is 279 g/mol.